The van der Waals surface area contributed by atoms with Gasteiger partial charge in [-0.3, -0.25) is 9.78 Å². The molecule has 2 aromatic carbocycles. The highest BCUT2D eigenvalue weighted by Crippen LogP contribution is 2.52. The quantitative estimate of drug-likeness (QED) is 0.498. The van der Waals surface area contributed by atoms with E-state index in [1.165, 1.54) is 6.07 Å². The maximum atomic E-state index is 15.1. The monoisotopic (exact) mass is 453 g/mol. The highest BCUT2D eigenvalue weighted by molar-refractivity contribution is 5.76. The fourth-order valence-corrected chi connectivity index (χ4v) is 5.52. The average molecular weight is 454 g/mol. The second kappa shape index (κ2) is 7.66. The van der Waals surface area contributed by atoms with Gasteiger partial charge in [0.05, 0.1) is 35.3 Å². The number of carboxylic acids is 1. The zero-order valence-electron chi connectivity index (χ0n) is 18.6. The van der Waals surface area contributed by atoms with E-state index in [9.17, 15) is 10.1 Å². The second-order valence-electron chi connectivity index (χ2n) is 9.72. The van der Waals surface area contributed by atoms with Gasteiger partial charge >= 0.3 is 5.97 Å². The highest BCUT2D eigenvalue weighted by atomic mass is 19.1. The van der Waals surface area contributed by atoms with Crippen molar-refractivity contribution in [2.45, 2.75) is 49.5 Å². The van der Waals surface area contributed by atoms with E-state index in [2.05, 4.69) is 16.4 Å². The molecule has 2 fully saturated rings. The van der Waals surface area contributed by atoms with Gasteiger partial charge in [-0.1, -0.05) is 30.3 Å². The van der Waals surface area contributed by atoms with E-state index in [1.54, 1.807) is 6.20 Å². The van der Waals surface area contributed by atoms with Gasteiger partial charge in [-0.05, 0) is 72.6 Å². The third kappa shape index (κ3) is 3.35. The highest BCUT2D eigenvalue weighted by Gasteiger charge is 2.47. The Labute approximate surface area is 197 Å². The largest absolute Gasteiger partial charge is 0.481 e. The Bertz CT molecular complexity index is 1340. The van der Waals surface area contributed by atoms with Crippen LogP contribution in [0.2, 0.25) is 0 Å². The van der Waals surface area contributed by atoms with Crippen LogP contribution in [-0.2, 0) is 16.6 Å². The summed E-state index contributed by atoms with van der Waals surface area (Å²) in [5.74, 6) is -1.34. The van der Waals surface area contributed by atoms with E-state index < -0.39 is 11.4 Å². The summed E-state index contributed by atoms with van der Waals surface area (Å²) >= 11 is 0. The van der Waals surface area contributed by atoms with Crippen molar-refractivity contribution in [2.75, 3.05) is 5.32 Å². The van der Waals surface area contributed by atoms with Crippen LogP contribution < -0.4 is 5.32 Å². The molecule has 3 atom stereocenters. The van der Waals surface area contributed by atoms with Crippen LogP contribution in [0.15, 0.2) is 54.7 Å². The average Bonchev–Trinajstić information content (AvgIpc) is 3.77. The molecule has 2 N–H and O–H groups in total. The molecule has 1 heterocycles. The minimum absolute atomic E-state index is 0.0120. The molecule has 0 bridgehead atoms. The molecular weight excluding hydrogens is 429 g/mol. The van der Waals surface area contributed by atoms with Crippen molar-refractivity contribution in [3.8, 4) is 17.2 Å². The summed E-state index contributed by atoms with van der Waals surface area (Å²) in [7, 11) is 0. The summed E-state index contributed by atoms with van der Waals surface area (Å²) in [6.07, 6.45) is 5.59. The van der Waals surface area contributed by atoms with Crippen molar-refractivity contribution >= 4 is 11.7 Å². The van der Waals surface area contributed by atoms with E-state index in [0.29, 0.717) is 12.0 Å². The Morgan fingerprint density at radius 2 is 1.97 bits per heavy atom. The first kappa shape index (κ1) is 20.9. The first-order valence-corrected chi connectivity index (χ1v) is 11.8. The normalized spacial score (nSPS) is 23.6. The number of benzene rings is 2. The molecule has 0 aliphatic heterocycles. The summed E-state index contributed by atoms with van der Waals surface area (Å²) in [5, 5.41) is 22.3. The molecule has 6 heteroatoms. The van der Waals surface area contributed by atoms with Crippen molar-refractivity contribution in [1.82, 2.24) is 4.98 Å². The van der Waals surface area contributed by atoms with Gasteiger partial charge in [-0.15, -0.1) is 0 Å². The molecule has 0 unspecified atom stereocenters. The molecule has 0 radical (unpaired) electrons. The lowest BCUT2D eigenvalue weighted by Crippen LogP contribution is -2.10. The van der Waals surface area contributed by atoms with Gasteiger partial charge in [-0.25, -0.2) is 4.39 Å². The number of nitriles is 1. The number of rotatable bonds is 6. The Morgan fingerprint density at radius 1 is 1.15 bits per heavy atom. The minimum Gasteiger partial charge on any atom is -0.481 e. The molecule has 5 nitrogen and oxygen atoms in total. The lowest BCUT2D eigenvalue weighted by atomic mass is 9.86. The van der Waals surface area contributed by atoms with Crippen molar-refractivity contribution in [3.63, 3.8) is 0 Å². The molecule has 34 heavy (non-hydrogen) atoms. The number of nitrogens with zero attached hydrogens (tertiary/aromatic N) is 2. The van der Waals surface area contributed by atoms with Gasteiger partial charge in [-0.2, -0.15) is 5.26 Å². The number of aliphatic carboxylic acids is 1. The topological polar surface area (TPSA) is 86.0 Å². The number of anilines is 1. The van der Waals surface area contributed by atoms with Gasteiger partial charge in [0.15, 0.2) is 0 Å². The SMILES string of the molecule is N#CC1(c2ccccc2-c2ccc(F)c3c2CC[C@H]3Nc2ccc([C@H]3C[C@@H]3C(=O)O)nc2)CC1. The van der Waals surface area contributed by atoms with Gasteiger partial charge < -0.3 is 10.4 Å². The van der Waals surface area contributed by atoms with Crippen molar-refractivity contribution < 1.29 is 14.3 Å². The Morgan fingerprint density at radius 3 is 2.65 bits per heavy atom. The standard InChI is InChI=1S/C28H24FN3O2/c29-23-8-6-17(18-3-1-2-4-22(18)28(15-30)11-12-28)19-7-10-25(26(19)23)32-16-5-9-24(31-14-16)20-13-21(20)27(33)34/h1-6,8-9,14,20-21,25,32H,7,10-13H2,(H,33,34)/t20-,21-,25+/m0/s1. The summed E-state index contributed by atoms with van der Waals surface area (Å²) in [4.78, 5) is 15.6. The molecule has 1 aromatic heterocycles. The van der Waals surface area contributed by atoms with Gasteiger partial charge in [0.25, 0.3) is 0 Å². The van der Waals surface area contributed by atoms with E-state index in [4.69, 9.17) is 5.11 Å². The number of aromatic nitrogens is 1. The van der Waals surface area contributed by atoms with Gasteiger partial charge in [0.1, 0.15) is 5.82 Å². The van der Waals surface area contributed by atoms with Crippen molar-refractivity contribution in [3.05, 3.63) is 82.9 Å². The molecular formula is C28H24FN3O2. The molecule has 3 aromatic rings. The second-order valence-corrected chi connectivity index (χ2v) is 9.72. The third-order valence-corrected chi connectivity index (χ3v) is 7.65. The van der Waals surface area contributed by atoms with Crippen molar-refractivity contribution in [1.29, 1.82) is 5.26 Å². The van der Waals surface area contributed by atoms with Crippen LogP contribution in [-0.4, -0.2) is 16.1 Å². The van der Waals surface area contributed by atoms with E-state index >= 15 is 4.39 Å². The molecule has 170 valence electrons. The molecule has 3 aliphatic carbocycles. The van der Waals surface area contributed by atoms with Gasteiger partial charge in [0.2, 0.25) is 0 Å². The number of carboxylic acid groups (broad SMARTS) is 1. The predicted molar refractivity (Wildman–Crippen MR) is 126 cm³/mol. The number of hydrogen-bond donors (Lipinski definition) is 2. The molecule has 0 saturated heterocycles. The number of carbonyl (C=O) groups is 1. The number of halogens is 1. The van der Waals surface area contributed by atoms with E-state index in [0.717, 1.165) is 59.3 Å². The van der Waals surface area contributed by atoms with Crippen LogP contribution in [0.25, 0.3) is 11.1 Å². The van der Waals surface area contributed by atoms with Crippen LogP contribution in [0.5, 0.6) is 0 Å². The Kier molecular flexibility index (Phi) is 4.70. The van der Waals surface area contributed by atoms with Gasteiger partial charge in [0, 0.05) is 17.2 Å². The summed E-state index contributed by atoms with van der Waals surface area (Å²) in [6.45, 7) is 0. The number of fused-ring (bicyclic) bond motifs is 1. The summed E-state index contributed by atoms with van der Waals surface area (Å²) < 4.78 is 15.1. The molecule has 3 aliphatic rings. The summed E-state index contributed by atoms with van der Waals surface area (Å²) in [6, 6.07) is 17.5. The summed E-state index contributed by atoms with van der Waals surface area (Å²) in [5.41, 5.74) is 5.95. The number of hydrogen-bond acceptors (Lipinski definition) is 4. The van der Waals surface area contributed by atoms with Crippen LogP contribution in [0.4, 0.5) is 10.1 Å². The lowest BCUT2D eigenvalue weighted by molar-refractivity contribution is -0.138. The zero-order chi connectivity index (χ0) is 23.4. The smallest absolute Gasteiger partial charge is 0.307 e. The third-order valence-electron chi connectivity index (χ3n) is 7.65. The van der Waals surface area contributed by atoms with Crippen LogP contribution >= 0.6 is 0 Å². The maximum Gasteiger partial charge on any atom is 0.307 e. The van der Waals surface area contributed by atoms with Crippen LogP contribution in [0.3, 0.4) is 0 Å². The first-order valence-electron chi connectivity index (χ1n) is 11.8. The van der Waals surface area contributed by atoms with Crippen LogP contribution in [0.1, 0.15) is 60.0 Å². The molecule has 0 amide bonds. The van der Waals surface area contributed by atoms with E-state index in [-0.39, 0.29) is 23.7 Å². The number of nitrogens with one attached hydrogen (secondary N) is 1. The van der Waals surface area contributed by atoms with Crippen molar-refractivity contribution in [2.24, 2.45) is 5.92 Å². The zero-order valence-corrected chi connectivity index (χ0v) is 18.6. The Hall–Kier alpha value is -3.72. The minimum atomic E-state index is -0.771. The fourth-order valence-electron chi connectivity index (χ4n) is 5.52. The molecule has 0 spiro atoms. The van der Waals surface area contributed by atoms with Crippen LogP contribution in [0, 0.1) is 23.1 Å². The maximum absolute atomic E-state index is 15.1. The molecule has 2 saturated carbocycles. The Balaban J connectivity index is 1.29. The fraction of sp³-hybridized carbons (Fsp3) is 0.321. The first-order chi connectivity index (χ1) is 16.5. The van der Waals surface area contributed by atoms with E-state index in [1.807, 2.05) is 42.5 Å². The lowest BCUT2D eigenvalue weighted by Gasteiger charge is -2.19. The predicted octanol–water partition coefficient (Wildman–Crippen LogP) is 5.73. The molecule has 6 rings (SSSR count). The number of pyridine rings is 1.